The lowest BCUT2D eigenvalue weighted by atomic mass is 10.1. The third-order valence-electron chi connectivity index (χ3n) is 1.81. The zero-order valence-electron chi connectivity index (χ0n) is 7.21. The minimum absolute atomic E-state index is 0.0915. The van der Waals surface area contributed by atoms with E-state index in [-0.39, 0.29) is 13.0 Å². The highest BCUT2D eigenvalue weighted by Gasteiger charge is 2.03. The van der Waals surface area contributed by atoms with E-state index >= 15 is 0 Å². The first kappa shape index (κ1) is 10.1. The van der Waals surface area contributed by atoms with E-state index in [0.29, 0.717) is 12.0 Å². The number of rotatable bonds is 4. The van der Waals surface area contributed by atoms with E-state index in [1.807, 2.05) is 0 Å². The molecule has 0 saturated carbocycles. The summed E-state index contributed by atoms with van der Waals surface area (Å²) in [6, 6.07) is 6.90. The summed E-state index contributed by atoms with van der Waals surface area (Å²) in [4.78, 5) is 0. The van der Waals surface area contributed by atoms with E-state index in [1.165, 1.54) is 0 Å². The minimum atomic E-state index is -2.29. The Morgan fingerprint density at radius 3 is 2.08 bits per heavy atom. The molecular formula is C10H12F2O. The van der Waals surface area contributed by atoms with Crippen LogP contribution in [-0.4, -0.2) is 18.1 Å². The Balaban J connectivity index is 2.59. The molecule has 0 aliphatic rings. The predicted molar refractivity (Wildman–Crippen MR) is 46.9 cm³/mol. The number of aliphatic hydroxyl groups is 1. The van der Waals surface area contributed by atoms with Crippen molar-refractivity contribution in [3.8, 4) is 0 Å². The van der Waals surface area contributed by atoms with Gasteiger partial charge in [0, 0.05) is 13.0 Å². The first-order valence-electron chi connectivity index (χ1n) is 4.19. The lowest BCUT2D eigenvalue weighted by Gasteiger charge is -2.02. The molecule has 1 N–H and O–H groups in total. The first-order valence-corrected chi connectivity index (χ1v) is 4.19. The molecule has 1 aromatic carbocycles. The van der Waals surface area contributed by atoms with Gasteiger partial charge in [0.05, 0.1) is 0 Å². The summed E-state index contributed by atoms with van der Waals surface area (Å²) in [5.41, 5.74) is 1.61. The van der Waals surface area contributed by atoms with E-state index in [1.54, 1.807) is 24.3 Å². The summed E-state index contributed by atoms with van der Waals surface area (Å²) < 4.78 is 23.9. The Kier molecular flexibility index (Phi) is 3.83. The Bertz CT molecular complexity index is 244. The van der Waals surface area contributed by atoms with Gasteiger partial charge in [-0.25, -0.2) is 8.78 Å². The van der Waals surface area contributed by atoms with E-state index in [4.69, 9.17) is 5.11 Å². The topological polar surface area (TPSA) is 20.2 Å². The molecule has 0 bridgehead atoms. The smallest absolute Gasteiger partial charge is 0.242 e. The van der Waals surface area contributed by atoms with Crippen LogP contribution >= 0.6 is 0 Å². The van der Waals surface area contributed by atoms with Crippen molar-refractivity contribution in [3.05, 3.63) is 35.4 Å². The molecule has 72 valence electrons. The standard InChI is InChI=1S/C10H12F2O/c11-10(12)7-9-3-1-8(2-4-9)5-6-13/h1-4,10,13H,5-7H2. The van der Waals surface area contributed by atoms with Crippen molar-refractivity contribution in [2.24, 2.45) is 0 Å². The Labute approximate surface area is 76.0 Å². The minimum Gasteiger partial charge on any atom is -0.396 e. The Morgan fingerprint density at radius 1 is 1.08 bits per heavy atom. The van der Waals surface area contributed by atoms with E-state index < -0.39 is 6.43 Å². The number of aliphatic hydroxyl groups excluding tert-OH is 1. The summed E-state index contributed by atoms with van der Waals surface area (Å²) >= 11 is 0. The second-order valence-corrected chi connectivity index (χ2v) is 2.89. The van der Waals surface area contributed by atoms with Gasteiger partial charge < -0.3 is 5.11 Å². The van der Waals surface area contributed by atoms with Gasteiger partial charge in [0.25, 0.3) is 0 Å². The summed E-state index contributed by atoms with van der Waals surface area (Å²) in [5.74, 6) is 0. The highest BCUT2D eigenvalue weighted by atomic mass is 19.3. The molecule has 0 amide bonds. The highest BCUT2D eigenvalue weighted by Crippen LogP contribution is 2.09. The van der Waals surface area contributed by atoms with Gasteiger partial charge >= 0.3 is 0 Å². The molecule has 0 aromatic heterocycles. The normalized spacial score (nSPS) is 10.8. The lowest BCUT2D eigenvalue weighted by molar-refractivity contribution is 0.149. The maximum atomic E-state index is 11.9. The van der Waals surface area contributed by atoms with Crippen LogP contribution in [0.2, 0.25) is 0 Å². The molecule has 3 heteroatoms. The highest BCUT2D eigenvalue weighted by molar-refractivity contribution is 5.22. The van der Waals surface area contributed by atoms with Crippen LogP contribution in [0.25, 0.3) is 0 Å². The molecule has 0 heterocycles. The monoisotopic (exact) mass is 186 g/mol. The number of halogens is 2. The van der Waals surface area contributed by atoms with E-state index in [2.05, 4.69) is 0 Å². The maximum Gasteiger partial charge on any atom is 0.242 e. The SMILES string of the molecule is OCCc1ccc(CC(F)F)cc1. The predicted octanol–water partition coefficient (Wildman–Crippen LogP) is 2.03. The van der Waals surface area contributed by atoms with E-state index in [0.717, 1.165) is 5.56 Å². The van der Waals surface area contributed by atoms with Crippen LogP contribution in [0.15, 0.2) is 24.3 Å². The van der Waals surface area contributed by atoms with Crippen molar-refractivity contribution in [1.82, 2.24) is 0 Å². The molecule has 0 aliphatic heterocycles. The fourth-order valence-corrected chi connectivity index (χ4v) is 1.15. The second kappa shape index (κ2) is 4.92. The van der Waals surface area contributed by atoms with E-state index in [9.17, 15) is 8.78 Å². The average Bonchev–Trinajstić information content (AvgIpc) is 2.08. The molecule has 1 rings (SSSR count). The zero-order chi connectivity index (χ0) is 9.68. The van der Waals surface area contributed by atoms with Crippen LogP contribution in [-0.2, 0) is 12.8 Å². The van der Waals surface area contributed by atoms with Crippen LogP contribution in [0.5, 0.6) is 0 Å². The molecular weight excluding hydrogens is 174 g/mol. The number of alkyl halides is 2. The van der Waals surface area contributed by atoms with Gasteiger partial charge in [0.1, 0.15) is 0 Å². The van der Waals surface area contributed by atoms with Gasteiger partial charge in [-0.3, -0.25) is 0 Å². The molecule has 0 atom stereocenters. The molecule has 0 fully saturated rings. The van der Waals surface area contributed by atoms with Crippen molar-refractivity contribution in [3.63, 3.8) is 0 Å². The van der Waals surface area contributed by atoms with Crippen molar-refractivity contribution >= 4 is 0 Å². The summed E-state index contributed by atoms with van der Waals surface area (Å²) in [7, 11) is 0. The van der Waals surface area contributed by atoms with Gasteiger partial charge in [-0.15, -0.1) is 0 Å². The van der Waals surface area contributed by atoms with Gasteiger partial charge in [0.15, 0.2) is 0 Å². The summed E-state index contributed by atoms with van der Waals surface area (Å²) in [6.45, 7) is 0.0915. The quantitative estimate of drug-likeness (QED) is 0.762. The first-order chi connectivity index (χ1) is 6.22. The van der Waals surface area contributed by atoms with Gasteiger partial charge in [-0.05, 0) is 17.5 Å². The third kappa shape index (κ3) is 3.51. The van der Waals surface area contributed by atoms with Gasteiger partial charge in [-0.2, -0.15) is 0 Å². The zero-order valence-corrected chi connectivity index (χ0v) is 7.21. The van der Waals surface area contributed by atoms with Crippen LogP contribution < -0.4 is 0 Å². The summed E-state index contributed by atoms with van der Waals surface area (Å²) in [6.07, 6.45) is -1.90. The summed E-state index contributed by atoms with van der Waals surface area (Å²) in [5, 5.41) is 8.61. The van der Waals surface area contributed by atoms with Crippen LogP contribution in [0.1, 0.15) is 11.1 Å². The third-order valence-corrected chi connectivity index (χ3v) is 1.81. The Morgan fingerprint density at radius 2 is 1.62 bits per heavy atom. The molecule has 0 saturated heterocycles. The second-order valence-electron chi connectivity index (χ2n) is 2.89. The maximum absolute atomic E-state index is 11.9. The molecule has 0 radical (unpaired) electrons. The number of hydrogen-bond acceptors (Lipinski definition) is 1. The van der Waals surface area contributed by atoms with Gasteiger partial charge in [0.2, 0.25) is 6.43 Å². The molecule has 0 spiro atoms. The van der Waals surface area contributed by atoms with Crippen LogP contribution in [0, 0.1) is 0 Å². The molecule has 1 aromatic rings. The fraction of sp³-hybridized carbons (Fsp3) is 0.400. The number of benzene rings is 1. The van der Waals surface area contributed by atoms with Crippen molar-refractivity contribution in [2.45, 2.75) is 19.3 Å². The van der Waals surface area contributed by atoms with Crippen LogP contribution in [0.4, 0.5) is 8.78 Å². The number of hydrogen-bond donors (Lipinski definition) is 1. The van der Waals surface area contributed by atoms with Crippen molar-refractivity contribution < 1.29 is 13.9 Å². The molecule has 0 unspecified atom stereocenters. The van der Waals surface area contributed by atoms with Gasteiger partial charge in [-0.1, -0.05) is 24.3 Å². The molecule has 1 nitrogen and oxygen atoms in total. The molecule has 0 aliphatic carbocycles. The van der Waals surface area contributed by atoms with Crippen molar-refractivity contribution in [1.29, 1.82) is 0 Å². The average molecular weight is 186 g/mol. The Hall–Kier alpha value is -0.960. The van der Waals surface area contributed by atoms with Crippen molar-refractivity contribution in [2.75, 3.05) is 6.61 Å². The molecule has 13 heavy (non-hydrogen) atoms. The van der Waals surface area contributed by atoms with Crippen LogP contribution in [0.3, 0.4) is 0 Å². The largest absolute Gasteiger partial charge is 0.396 e. The fourth-order valence-electron chi connectivity index (χ4n) is 1.15. The lowest BCUT2D eigenvalue weighted by Crippen LogP contribution is -1.97.